The number of fused-ring (bicyclic) bond motifs is 3. The second-order valence-electron chi connectivity index (χ2n) is 8.15. The van der Waals surface area contributed by atoms with Gasteiger partial charge in [-0.2, -0.15) is 0 Å². The number of nitrogens with zero attached hydrogens (tertiary/aromatic N) is 3. The van der Waals surface area contributed by atoms with Crippen LogP contribution < -0.4 is 5.73 Å². The Bertz CT molecular complexity index is 1430. The van der Waals surface area contributed by atoms with Crippen LogP contribution in [0, 0.1) is 5.82 Å². The average molecular weight is 413 g/mol. The van der Waals surface area contributed by atoms with Crippen LogP contribution in [0.25, 0.3) is 33.2 Å². The van der Waals surface area contributed by atoms with E-state index in [1.54, 1.807) is 0 Å². The van der Waals surface area contributed by atoms with Gasteiger partial charge in [-0.3, -0.25) is 0 Å². The standard InChI is InChI=1S/C24H20FN5O/c25-18-10-19-15(9-21(18)31)8-20(29-19)17-11-30(24-22(17)23(26)27-12-28-24)16-6-5-13-3-1-2-4-14(13)7-16/h1-4,8-12,16,29,31H,5-7H2,(H2,26,27,28). The summed E-state index contributed by atoms with van der Waals surface area (Å²) in [5.74, 6) is -0.626. The van der Waals surface area contributed by atoms with E-state index in [1.807, 2.05) is 6.07 Å². The molecule has 3 heterocycles. The number of aromatic amines is 1. The van der Waals surface area contributed by atoms with Crippen molar-refractivity contribution in [3.8, 4) is 17.0 Å². The summed E-state index contributed by atoms with van der Waals surface area (Å²) in [5.41, 5.74) is 12.1. The molecule has 154 valence electrons. The summed E-state index contributed by atoms with van der Waals surface area (Å²) in [7, 11) is 0. The van der Waals surface area contributed by atoms with Crippen molar-refractivity contribution in [3.05, 3.63) is 71.9 Å². The largest absolute Gasteiger partial charge is 0.505 e. The minimum atomic E-state index is -0.660. The Morgan fingerprint density at radius 1 is 1.13 bits per heavy atom. The van der Waals surface area contributed by atoms with Crippen LogP contribution in [-0.4, -0.2) is 24.6 Å². The molecular weight excluding hydrogens is 393 g/mol. The second kappa shape index (κ2) is 6.57. The number of nitrogen functional groups attached to an aromatic ring is 1. The number of phenols is 1. The summed E-state index contributed by atoms with van der Waals surface area (Å²) >= 11 is 0. The Labute approximate surface area is 177 Å². The molecule has 1 aliphatic carbocycles. The van der Waals surface area contributed by atoms with Gasteiger partial charge >= 0.3 is 0 Å². The molecule has 5 aromatic rings. The number of nitrogens with two attached hydrogens (primary N) is 1. The summed E-state index contributed by atoms with van der Waals surface area (Å²) in [6, 6.07) is 13.4. The van der Waals surface area contributed by atoms with Gasteiger partial charge in [0.15, 0.2) is 11.6 Å². The van der Waals surface area contributed by atoms with E-state index in [0.717, 1.165) is 46.9 Å². The predicted molar refractivity (Wildman–Crippen MR) is 118 cm³/mol. The highest BCUT2D eigenvalue weighted by atomic mass is 19.1. The fraction of sp³-hybridized carbons (Fsp3) is 0.167. The number of benzene rings is 2. The van der Waals surface area contributed by atoms with E-state index in [9.17, 15) is 9.50 Å². The highest BCUT2D eigenvalue weighted by Gasteiger charge is 2.25. The van der Waals surface area contributed by atoms with Crippen molar-refractivity contribution in [2.45, 2.75) is 25.3 Å². The molecular formula is C24H20FN5O. The lowest BCUT2D eigenvalue weighted by atomic mass is 9.88. The van der Waals surface area contributed by atoms with Gasteiger partial charge in [-0.05, 0) is 42.5 Å². The third kappa shape index (κ3) is 2.77. The van der Waals surface area contributed by atoms with Crippen molar-refractivity contribution < 1.29 is 9.50 Å². The molecule has 0 radical (unpaired) electrons. The van der Waals surface area contributed by atoms with E-state index in [0.29, 0.717) is 11.3 Å². The van der Waals surface area contributed by atoms with E-state index in [2.05, 4.69) is 50.0 Å². The number of halogens is 1. The Kier molecular flexibility index (Phi) is 3.80. The van der Waals surface area contributed by atoms with Gasteiger partial charge in [-0.15, -0.1) is 0 Å². The molecule has 31 heavy (non-hydrogen) atoms. The van der Waals surface area contributed by atoms with Crippen LogP contribution >= 0.6 is 0 Å². The van der Waals surface area contributed by atoms with Gasteiger partial charge in [-0.1, -0.05) is 24.3 Å². The van der Waals surface area contributed by atoms with Crippen LogP contribution in [0.4, 0.5) is 10.2 Å². The molecule has 0 amide bonds. The molecule has 6 rings (SSSR count). The van der Waals surface area contributed by atoms with Crippen molar-refractivity contribution in [1.82, 2.24) is 19.5 Å². The quantitative estimate of drug-likeness (QED) is 0.390. The highest BCUT2D eigenvalue weighted by molar-refractivity contribution is 6.02. The summed E-state index contributed by atoms with van der Waals surface area (Å²) in [6.45, 7) is 0. The zero-order chi connectivity index (χ0) is 21.1. The van der Waals surface area contributed by atoms with Gasteiger partial charge in [0.2, 0.25) is 0 Å². The molecule has 1 unspecified atom stereocenters. The van der Waals surface area contributed by atoms with Crippen molar-refractivity contribution in [3.63, 3.8) is 0 Å². The van der Waals surface area contributed by atoms with E-state index in [4.69, 9.17) is 5.73 Å². The van der Waals surface area contributed by atoms with E-state index in [1.165, 1.54) is 29.6 Å². The van der Waals surface area contributed by atoms with Crippen LogP contribution in [-0.2, 0) is 12.8 Å². The van der Waals surface area contributed by atoms with Crippen LogP contribution in [0.3, 0.4) is 0 Å². The number of anilines is 1. The first-order valence-corrected chi connectivity index (χ1v) is 10.3. The molecule has 7 heteroatoms. The van der Waals surface area contributed by atoms with Crippen LogP contribution in [0.5, 0.6) is 5.75 Å². The molecule has 4 N–H and O–H groups in total. The molecule has 3 aromatic heterocycles. The molecule has 0 bridgehead atoms. The maximum atomic E-state index is 13.8. The predicted octanol–water partition coefficient (Wildman–Crippen LogP) is 4.74. The van der Waals surface area contributed by atoms with Crippen LogP contribution in [0.2, 0.25) is 0 Å². The molecule has 0 aliphatic heterocycles. The average Bonchev–Trinajstić information content (AvgIpc) is 3.36. The SMILES string of the molecule is Nc1ncnc2c1c(-c1cc3cc(O)c(F)cc3[nH]1)cn2C1CCc2ccccc2C1. The summed E-state index contributed by atoms with van der Waals surface area (Å²) < 4.78 is 16.0. The van der Waals surface area contributed by atoms with Gasteiger partial charge in [0.25, 0.3) is 0 Å². The Morgan fingerprint density at radius 2 is 1.97 bits per heavy atom. The summed E-state index contributed by atoms with van der Waals surface area (Å²) in [4.78, 5) is 12.0. The molecule has 0 spiro atoms. The van der Waals surface area contributed by atoms with E-state index in [-0.39, 0.29) is 11.8 Å². The minimum Gasteiger partial charge on any atom is -0.505 e. The smallest absolute Gasteiger partial charge is 0.166 e. The Morgan fingerprint density at radius 3 is 2.84 bits per heavy atom. The molecule has 0 fully saturated rings. The fourth-order valence-electron chi connectivity index (χ4n) is 4.79. The lowest BCUT2D eigenvalue weighted by Gasteiger charge is -2.26. The third-order valence-electron chi connectivity index (χ3n) is 6.33. The van der Waals surface area contributed by atoms with Crippen molar-refractivity contribution >= 4 is 27.8 Å². The normalized spacial score (nSPS) is 16.1. The van der Waals surface area contributed by atoms with Gasteiger partial charge < -0.3 is 20.4 Å². The van der Waals surface area contributed by atoms with Crippen LogP contribution in [0.15, 0.2) is 55.0 Å². The zero-order valence-corrected chi connectivity index (χ0v) is 16.6. The second-order valence-corrected chi connectivity index (χ2v) is 8.15. The zero-order valence-electron chi connectivity index (χ0n) is 16.6. The summed E-state index contributed by atoms with van der Waals surface area (Å²) in [5, 5.41) is 11.2. The summed E-state index contributed by atoms with van der Waals surface area (Å²) in [6.07, 6.45) is 6.51. The molecule has 0 saturated carbocycles. The maximum Gasteiger partial charge on any atom is 0.166 e. The molecule has 0 saturated heterocycles. The number of aromatic hydroxyl groups is 1. The van der Waals surface area contributed by atoms with E-state index < -0.39 is 5.82 Å². The highest BCUT2D eigenvalue weighted by Crippen LogP contribution is 2.38. The Balaban J connectivity index is 1.52. The molecule has 6 nitrogen and oxygen atoms in total. The number of rotatable bonds is 2. The van der Waals surface area contributed by atoms with Gasteiger partial charge in [0.05, 0.1) is 5.39 Å². The first kappa shape index (κ1) is 17.9. The maximum absolute atomic E-state index is 13.8. The molecule has 1 atom stereocenters. The number of H-pyrrole nitrogens is 1. The van der Waals surface area contributed by atoms with Gasteiger partial charge in [0, 0.05) is 40.5 Å². The number of aryl methyl sites for hydroxylation is 1. The van der Waals surface area contributed by atoms with Crippen LogP contribution in [0.1, 0.15) is 23.6 Å². The van der Waals surface area contributed by atoms with Gasteiger partial charge in [-0.25, -0.2) is 14.4 Å². The number of hydrogen-bond acceptors (Lipinski definition) is 4. The number of phenolic OH excluding ortho intramolecular Hbond substituents is 1. The minimum absolute atomic E-state index is 0.256. The lowest BCUT2D eigenvalue weighted by Crippen LogP contribution is -2.18. The fourth-order valence-corrected chi connectivity index (χ4v) is 4.79. The first-order valence-electron chi connectivity index (χ1n) is 10.3. The van der Waals surface area contributed by atoms with E-state index >= 15 is 0 Å². The first-order chi connectivity index (χ1) is 15.1. The Hall–Kier alpha value is -3.87. The van der Waals surface area contributed by atoms with Gasteiger partial charge in [0.1, 0.15) is 17.8 Å². The van der Waals surface area contributed by atoms with Crippen molar-refractivity contribution in [1.29, 1.82) is 0 Å². The monoisotopic (exact) mass is 413 g/mol. The number of hydrogen-bond donors (Lipinski definition) is 3. The topological polar surface area (TPSA) is 92.8 Å². The third-order valence-corrected chi connectivity index (χ3v) is 6.33. The molecule has 1 aliphatic rings. The number of nitrogens with one attached hydrogen (secondary N) is 1. The number of aromatic nitrogens is 4. The molecule has 2 aromatic carbocycles. The van der Waals surface area contributed by atoms with Crippen molar-refractivity contribution in [2.24, 2.45) is 0 Å². The van der Waals surface area contributed by atoms with Crippen molar-refractivity contribution in [2.75, 3.05) is 5.73 Å². The lowest BCUT2D eigenvalue weighted by molar-refractivity contribution is 0.433.